The first kappa shape index (κ1) is 37.2. The van der Waals surface area contributed by atoms with Crippen molar-refractivity contribution in [3.8, 4) is 39.2 Å². The molecule has 2 atom stereocenters. The van der Waals surface area contributed by atoms with Gasteiger partial charge >= 0.3 is 0 Å². The number of ketones is 2. The fraction of sp³-hybridized carbons (Fsp3) is 0.326. The Hall–Kier alpha value is -4.75. The standard InChI is InChI=1S/C43H42BrN3O7S/c1-27(26-53-32-11-13-33(14-12-32)54-41-35-15-9-31(49)24-40(35)55-42(41)28-5-7-29(44)8-6-28)46-19-17-45(18-20-46)21-22-52-39-4-2-3-34-36(39)25-47(43(34)51)37-16-10-30(48)23-38(37)50/h2-9,11-15,24,27,37,49H,10,16-23,25-26H2,1H3/t27-,37?/m0/s1. The normalized spacial score (nSPS) is 18.5. The zero-order chi connectivity index (χ0) is 38.1. The fourth-order valence-corrected chi connectivity index (χ4v) is 9.05. The number of aromatic hydroxyl groups is 1. The first-order valence-corrected chi connectivity index (χ1v) is 20.3. The third-order valence-corrected chi connectivity index (χ3v) is 12.4. The van der Waals surface area contributed by atoms with Gasteiger partial charge in [-0.2, -0.15) is 0 Å². The van der Waals surface area contributed by atoms with Crippen molar-refractivity contribution < 1.29 is 33.7 Å². The molecule has 3 heterocycles. The van der Waals surface area contributed by atoms with E-state index in [4.69, 9.17) is 14.2 Å². The van der Waals surface area contributed by atoms with Gasteiger partial charge in [0, 0.05) is 70.9 Å². The molecule has 0 radical (unpaired) electrons. The van der Waals surface area contributed by atoms with Crippen molar-refractivity contribution >= 4 is 54.8 Å². The van der Waals surface area contributed by atoms with Gasteiger partial charge in [0.05, 0.1) is 23.9 Å². The van der Waals surface area contributed by atoms with Crippen LogP contribution in [0.4, 0.5) is 0 Å². The SMILES string of the molecule is C[C@@H](COc1ccc(Oc2c(-c3ccc(Br)cc3)sc3cc(O)ccc23)cc1)N1CCN(CCOc2cccc3c2CN(C2CCC(=O)CC2=O)C3=O)CC1. The van der Waals surface area contributed by atoms with Crippen molar-refractivity contribution in [1.82, 2.24) is 14.7 Å². The third-order valence-electron chi connectivity index (χ3n) is 10.7. The van der Waals surface area contributed by atoms with E-state index in [0.717, 1.165) is 74.8 Å². The van der Waals surface area contributed by atoms with Crippen LogP contribution in [0.15, 0.2) is 89.4 Å². The van der Waals surface area contributed by atoms with Crippen LogP contribution < -0.4 is 14.2 Å². The number of nitrogens with zero attached hydrogens (tertiary/aromatic N) is 3. The number of rotatable bonds is 12. The van der Waals surface area contributed by atoms with Gasteiger partial charge in [-0.25, -0.2) is 0 Å². The van der Waals surface area contributed by atoms with Crippen LogP contribution >= 0.6 is 27.3 Å². The minimum atomic E-state index is -0.539. The van der Waals surface area contributed by atoms with Crippen LogP contribution in [0.1, 0.15) is 42.1 Å². The topological polar surface area (TPSA) is 109 Å². The summed E-state index contributed by atoms with van der Waals surface area (Å²) < 4.78 is 20.9. The molecule has 10 nitrogen and oxygen atoms in total. The minimum absolute atomic E-state index is 0.0494. The summed E-state index contributed by atoms with van der Waals surface area (Å²) >= 11 is 5.11. The average molecular weight is 825 g/mol. The van der Waals surface area contributed by atoms with E-state index in [1.807, 2.05) is 54.6 Å². The summed E-state index contributed by atoms with van der Waals surface area (Å²) in [7, 11) is 0. The Morgan fingerprint density at radius 3 is 2.44 bits per heavy atom. The van der Waals surface area contributed by atoms with Gasteiger partial charge in [0.25, 0.3) is 5.91 Å². The van der Waals surface area contributed by atoms with Crippen molar-refractivity contribution in [1.29, 1.82) is 0 Å². The number of carbonyl (C=O) groups excluding carboxylic acids is 3. The lowest BCUT2D eigenvalue weighted by Crippen LogP contribution is -2.51. The van der Waals surface area contributed by atoms with E-state index in [0.29, 0.717) is 49.7 Å². The molecule has 55 heavy (non-hydrogen) atoms. The number of carbonyl (C=O) groups is 3. The third kappa shape index (κ3) is 8.14. The van der Waals surface area contributed by atoms with E-state index in [-0.39, 0.29) is 35.7 Å². The summed E-state index contributed by atoms with van der Waals surface area (Å²) in [6.45, 7) is 8.04. The summed E-state index contributed by atoms with van der Waals surface area (Å²) in [5.74, 6) is 2.77. The van der Waals surface area contributed by atoms with Gasteiger partial charge in [0.15, 0.2) is 11.5 Å². The molecule has 0 spiro atoms. The second-order valence-corrected chi connectivity index (χ2v) is 16.3. The Labute approximate surface area is 332 Å². The predicted molar refractivity (Wildman–Crippen MR) is 216 cm³/mol. The summed E-state index contributed by atoms with van der Waals surface area (Å²) in [5.41, 5.74) is 2.44. The lowest BCUT2D eigenvalue weighted by atomic mass is 9.92. The van der Waals surface area contributed by atoms with E-state index >= 15 is 0 Å². The quantitative estimate of drug-likeness (QED) is 0.126. The molecule has 5 aromatic rings. The number of benzene rings is 4. The monoisotopic (exact) mass is 823 g/mol. The maximum absolute atomic E-state index is 13.2. The first-order chi connectivity index (χ1) is 26.7. The van der Waals surface area contributed by atoms with Crippen LogP contribution in [0.3, 0.4) is 0 Å². The number of phenolic OH excluding ortho intramolecular Hbond substituents is 1. The van der Waals surface area contributed by atoms with Crippen LogP contribution in [-0.4, -0.2) is 95.3 Å². The van der Waals surface area contributed by atoms with Gasteiger partial charge in [-0.05, 0) is 85.6 Å². The molecular weight excluding hydrogens is 782 g/mol. The number of amides is 1. The zero-order valence-electron chi connectivity index (χ0n) is 30.5. The number of fused-ring (bicyclic) bond motifs is 2. The molecule has 1 aromatic heterocycles. The molecule has 1 N–H and O–H groups in total. The van der Waals surface area contributed by atoms with Gasteiger partial charge in [-0.1, -0.05) is 34.1 Å². The Bertz CT molecular complexity index is 2220. The highest BCUT2D eigenvalue weighted by molar-refractivity contribution is 9.10. The molecule has 1 saturated carbocycles. The van der Waals surface area contributed by atoms with Gasteiger partial charge in [0.1, 0.15) is 42.0 Å². The Morgan fingerprint density at radius 2 is 1.67 bits per heavy atom. The van der Waals surface area contributed by atoms with Crippen LogP contribution in [-0.2, 0) is 16.1 Å². The number of hydrogen-bond acceptors (Lipinski definition) is 10. The molecule has 3 aliphatic rings. The number of thiophene rings is 1. The van der Waals surface area contributed by atoms with Crippen LogP contribution in [0.5, 0.6) is 28.7 Å². The number of phenols is 1. The fourth-order valence-electron chi connectivity index (χ4n) is 7.61. The second kappa shape index (κ2) is 16.2. The summed E-state index contributed by atoms with van der Waals surface area (Å²) in [5, 5.41) is 11.0. The molecule has 1 unspecified atom stereocenters. The maximum atomic E-state index is 13.2. The van der Waals surface area contributed by atoms with E-state index in [1.54, 1.807) is 34.4 Å². The summed E-state index contributed by atoms with van der Waals surface area (Å²) in [6, 6.07) is 26.4. The van der Waals surface area contributed by atoms with Gasteiger partial charge in [0.2, 0.25) is 0 Å². The number of ether oxygens (including phenoxy) is 3. The lowest BCUT2D eigenvalue weighted by molar-refractivity contribution is -0.133. The molecule has 2 aliphatic heterocycles. The summed E-state index contributed by atoms with van der Waals surface area (Å²) in [4.78, 5) is 44.9. The van der Waals surface area contributed by atoms with Crippen molar-refractivity contribution in [2.24, 2.45) is 0 Å². The molecule has 8 rings (SSSR count). The molecule has 12 heteroatoms. The zero-order valence-corrected chi connectivity index (χ0v) is 32.9. The van der Waals surface area contributed by atoms with Crippen LogP contribution in [0.25, 0.3) is 20.5 Å². The molecule has 4 aromatic carbocycles. The maximum Gasteiger partial charge on any atom is 0.255 e. The highest BCUT2D eigenvalue weighted by Gasteiger charge is 2.40. The van der Waals surface area contributed by atoms with Crippen molar-refractivity contribution in [3.05, 3.63) is 101 Å². The van der Waals surface area contributed by atoms with Crippen molar-refractivity contribution in [2.75, 3.05) is 45.9 Å². The van der Waals surface area contributed by atoms with E-state index in [1.165, 1.54) is 0 Å². The molecule has 284 valence electrons. The van der Waals surface area contributed by atoms with Gasteiger partial charge in [-0.15, -0.1) is 11.3 Å². The second-order valence-electron chi connectivity index (χ2n) is 14.4. The molecule has 1 amide bonds. The number of piperazine rings is 1. The molecule has 0 bridgehead atoms. The Balaban J connectivity index is 0.800. The molecule has 1 aliphatic carbocycles. The Morgan fingerprint density at radius 1 is 0.909 bits per heavy atom. The Kier molecular flexibility index (Phi) is 10.9. The van der Waals surface area contributed by atoms with Crippen LogP contribution in [0.2, 0.25) is 0 Å². The van der Waals surface area contributed by atoms with E-state index in [2.05, 4.69) is 44.8 Å². The summed E-state index contributed by atoms with van der Waals surface area (Å²) in [6.07, 6.45) is 0.641. The number of hydrogen-bond donors (Lipinski definition) is 1. The average Bonchev–Trinajstić information content (AvgIpc) is 3.71. The lowest BCUT2D eigenvalue weighted by Gasteiger charge is -2.37. The van der Waals surface area contributed by atoms with Crippen molar-refractivity contribution in [3.63, 3.8) is 0 Å². The number of halogens is 1. The van der Waals surface area contributed by atoms with Gasteiger partial charge < -0.3 is 24.2 Å². The smallest absolute Gasteiger partial charge is 0.255 e. The van der Waals surface area contributed by atoms with E-state index in [9.17, 15) is 19.5 Å². The van der Waals surface area contributed by atoms with Crippen LogP contribution in [0, 0.1) is 0 Å². The van der Waals surface area contributed by atoms with E-state index < -0.39 is 6.04 Å². The number of Topliss-reactive ketones (excluding diaryl/α,β-unsaturated/α-hetero) is 2. The largest absolute Gasteiger partial charge is 0.508 e. The molecular formula is C43H42BrN3O7S. The predicted octanol–water partition coefficient (Wildman–Crippen LogP) is 7.94. The minimum Gasteiger partial charge on any atom is -0.508 e. The van der Waals surface area contributed by atoms with Gasteiger partial charge in [-0.3, -0.25) is 24.2 Å². The highest BCUT2D eigenvalue weighted by atomic mass is 79.9. The molecule has 2 fully saturated rings. The van der Waals surface area contributed by atoms with Crippen molar-refractivity contribution in [2.45, 2.75) is 44.8 Å². The molecule has 1 saturated heterocycles. The first-order valence-electron chi connectivity index (χ1n) is 18.7. The highest BCUT2D eigenvalue weighted by Crippen LogP contribution is 2.47.